The summed E-state index contributed by atoms with van der Waals surface area (Å²) >= 11 is 5.54. The van der Waals surface area contributed by atoms with Gasteiger partial charge in [0.05, 0.1) is 0 Å². The highest BCUT2D eigenvalue weighted by molar-refractivity contribution is 9.10. The lowest BCUT2D eigenvalue weighted by molar-refractivity contribution is 0.380. The zero-order chi connectivity index (χ0) is 12.1. The van der Waals surface area contributed by atoms with Crippen LogP contribution in [-0.4, -0.2) is 17.5 Å². The van der Waals surface area contributed by atoms with Crippen LogP contribution in [0.3, 0.4) is 0 Å². The summed E-state index contributed by atoms with van der Waals surface area (Å²) < 4.78 is 1.17. The normalized spacial score (nSPS) is 24.8. The van der Waals surface area contributed by atoms with Gasteiger partial charge >= 0.3 is 0 Å². The number of halogens is 1. The van der Waals surface area contributed by atoms with Gasteiger partial charge in [-0.2, -0.15) is 11.8 Å². The summed E-state index contributed by atoms with van der Waals surface area (Å²) in [6.07, 6.45) is 7.68. The van der Waals surface area contributed by atoms with Crippen molar-refractivity contribution in [2.24, 2.45) is 0 Å². The fourth-order valence-electron chi connectivity index (χ4n) is 2.45. The number of hydrogen-bond donors (Lipinski definition) is 1. The quantitative estimate of drug-likeness (QED) is 0.893. The monoisotopic (exact) mass is 313 g/mol. The van der Waals surface area contributed by atoms with Gasteiger partial charge in [0, 0.05) is 22.3 Å². The predicted molar refractivity (Wildman–Crippen MR) is 80.5 cm³/mol. The number of benzene rings is 1. The Morgan fingerprint density at radius 1 is 1.41 bits per heavy atom. The van der Waals surface area contributed by atoms with Crippen molar-refractivity contribution in [3.63, 3.8) is 0 Å². The van der Waals surface area contributed by atoms with E-state index in [1.807, 2.05) is 11.8 Å². The van der Waals surface area contributed by atoms with Gasteiger partial charge in [0.2, 0.25) is 0 Å². The number of rotatable bonds is 4. The second kappa shape index (κ2) is 6.81. The van der Waals surface area contributed by atoms with Crippen molar-refractivity contribution in [2.75, 3.05) is 6.26 Å². The highest BCUT2D eigenvalue weighted by Gasteiger charge is 2.20. The van der Waals surface area contributed by atoms with Crippen LogP contribution in [0.1, 0.15) is 31.2 Å². The second-order valence-corrected chi connectivity index (χ2v) is 6.79. The first-order valence-electron chi connectivity index (χ1n) is 6.28. The Kier molecular flexibility index (Phi) is 5.39. The molecule has 1 saturated carbocycles. The largest absolute Gasteiger partial charge is 0.310 e. The van der Waals surface area contributed by atoms with Gasteiger partial charge in [0.15, 0.2) is 0 Å². The summed E-state index contributed by atoms with van der Waals surface area (Å²) in [4.78, 5) is 0. The lowest BCUT2D eigenvalue weighted by atomic mass is 9.95. The SMILES string of the molecule is CSC1CCCC(NCc2cccc(Br)c2)C1. The average molecular weight is 314 g/mol. The molecule has 1 aliphatic carbocycles. The van der Waals surface area contributed by atoms with Crippen LogP contribution in [0.2, 0.25) is 0 Å². The Morgan fingerprint density at radius 2 is 2.29 bits per heavy atom. The predicted octanol–water partition coefficient (Wildman–Crippen LogP) is 4.21. The van der Waals surface area contributed by atoms with Crippen LogP contribution in [0.25, 0.3) is 0 Å². The van der Waals surface area contributed by atoms with Crippen molar-refractivity contribution in [1.29, 1.82) is 0 Å². The third kappa shape index (κ3) is 4.31. The van der Waals surface area contributed by atoms with Gasteiger partial charge in [-0.1, -0.05) is 34.5 Å². The zero-order valence-electron chi connectivity index (χ0n) is 10.3. The van der Waals surface area contributed by atoms with Gasteiger partial charge in [0.25, 0.3) is 0 Å². The van der Waals surface area contributed by atoms with E-state index in [9.17, 15) is 0 Å². The summed E-state index contributed by atoms with van der Waals surface area (Å²) in [5, 5.41) is 4.56. The lowest BCUT2D eigenvalue weighted by Crippen LogP contribution is -2.34. The second-order valence-electron chi connectivity index (χ2n) is 4.73. The molecule has 1 N–H and O–H groups in total. The van der Waals surface area contributed by atoms with E-state index in [1.54, 1.807) is 0 Å². The fraction of sp³-hybridized carbons (Fsp3) is 0.571. The first-order chi connectivity index (χ1) is 8.28. The standard InChI is InChI=1S/C14H20BrNS/c1-17-14-7-3-6-13(9-14)16-10-11-4-2-5-12(15)8-11/h2,4-5,8,13-14,16H,3,6-7,9-10H2,1H3. The molecule has 0 aromatic heterocycles. The zero-order valence-corrected chi connectivity index (χ0v) is 12.7. The molecule has 1 aromatic rings. The van der Waals surface area contributed by atoms with E-state index in [1.165, 1.54) is 35.7 Å². The van der Waals surface area contributed by atoms with Crippen molar-refractivity contribution in [3.8, 4) is 0 Å². The Hall–Kier alpha value is 0.01000. The van der Waals surface area contributed by atoms with Gasteiger partial charge in [-0.3, -0.25) is 0 Å². The van der Waals surface area contributed by atoms with E-state index in [-0.39, 0.29) is 0 Å². The van der Waals surface area contributed by atoms with Gasteiger partial charge in [-0.15, -0.1) is 0 Å². The molecule has 0 aliphatic heterocycles. The lowest BCUT2D eigenvalue weighted by Gasteiger charge is -2.28. The average Bonchev–Trinajstić information content (AvgIpc) is 2.37. The van der Waals surface area contributed by atoms with Crippen LogP contribution in [0.15, 0.2) is 28.7 Å². The summed E-state index contributed by atoms with van der Waals surface area (Å²) in [6, 6.07) is 9.27. The highest BCUT2D eigenvalue weighted by Crippen LogP contribution is 2.27. The molecule has 1 aliphatic rings. The molecule has 0 amide bonds. The molecule has 3 heteroatoms. The summed E-state index contributed by atoms with van der Waals surface area (Å²) in [5.41, 5.74) is 1.37. The number of thioether (sulfide) groups is 1. The van der Waals surface area contributed by atoms with Crippen molar-refractivity contribution in [3.05, 3.63) is 34.3 Å². The smallest absolute Gasteiger partial charge is 0.0208 e. The van der Waals surface area contributed by atoms with Gasteiger partial charge in [-0.25, -0.2) is 0 Å². The summed E-state index contributed by atoms with van der Waals surface area (Å²) in [5.74, 6) is 0. The summed E-state index contributed by atoms with van der Waals surface area (Å²) in [7, 11) is 0. The van der Waals surface area contributed by atoms with Crippen molar-refractivity contribution in [1.82, 2.24) is 5.32 Å². The Morgan fingerprint density at radius 3 is 3.06 bits per heavy atom. The highest BCUT2D eigenvalue weighted by atomic mass is 79.9. The van der Waals surface area contributed by atoms with E-state index >= 15 is 0 Å². The van der Waals surface area contributed by atoms with Crippen LogP contribution >= 0.6 is 27.7 Å². The fourth-order valence-corrected chi connectivity index (χ4v) is 3.73. The molecule has 17 heavy (non-hydrogen) atoms. The maximum atomic E-state index is 3.70. The van der Waals surface area contributed by atoms with Crippen LogP contribution in [-0.2, 0) is 6.54 Å². The van der Waals surface area contributed by atoms with E-state index in [0.717, 1.165) is 11.8 Å². The van der Waals surface area contributed by atoms with Crippen LogP contribution < -0.4 is 5.32 Å². The molecule has 2 unspecified atom stereocenters. The van der Waals surface area contributed by atoms with E-state index in [2.05, 4.69) is 51.8 Å². The molecule has 1 nitrogen and oxygen atoms in total. The topological polar surface area (TPSA) is 12.0 Å². The molecule has 0 saturated heterocycles. The molecule has 0 radical (unpaired) electrons. The molecular weight excluding hydrogens is 294 g/mol. The van der Waals surface area contributed by atoms with Gasteiger partial charge in [-0.05, 0) is 43.2 Å². The Bertz CT molecular complexity index is 356. The maximum absolute atomic E-state index is 3.70. The summed E-state index contributed by atoms with van der Waals surface area (Å²) in [6.45, 7) is 0.991. The number of nitrogens with one attached hydrogen (secondary N) is 1. The maximum Gasteiger partial charge on any atom is 0.0208 e. The van der Waals surface area contributed by atoms with Crippen molar-refractivity contribution >= 4 is 27.7 Å². The molecule has 1 fully saturated rings. The van der Waals surface area contributed by atoms with Gasteiger partial charge in [0.1, 0.15) is 0 Å². The van der Waals surface area contributed by atoms with E-state index in [0.29, 0.717) is 6.04 Å². The first kappa shape index (κ1) is 13.4. The van der Waals surface area contributed by atoms with Crippen LogP contribution in [0.4, 0.5) is 0 Å². The minimum absolute atomic E-state index is 0.709. The van der Waals surface area contributed by atoms with E-state index < -0.39 is 0 Å². The number of hydrogen-bond acceptors (Lipinski definition) is 2. The molecule has 1 aromatic carbocycles. The molecular formula is C14H20BrNS. The minimum Gasteiger partial charge on any atom is -0.310 e. The minimum atomic E-state index is 0.709. The molecule has 0 bridgehead atoms. The third-order valence-electron chi connectivity index (χ3n) is 3.44. The first-order valence-corrected chi connectivity index (χ1v) is 8.36. The Labute approximate surface area is 117 Å². The van der Waals surface area contributed by atoms with Crippen LogP contribution in [0, 0.1) is 0 Å². The Balaban J connectivity index is 1.81. The molecule has 2 atom stereocenters. The molecule has 0 heterocycles. The molecule has 2 rings (SSSR count). The van der Waals surface area contributed by atoms with E-state index in [4.69, 9.17) is 0 Å². The molecule has 94 valence electrons. The third-order valence-corrected chi connectivity index (χ3v) is 5.03. The van der Waals surface area contributed by atoms with Crippen LogP contribution in [0.5, 0.6) is 0 Å². The van der Waals surface area contributed by atoms with Crippen molar-refractivity contribution in [2.45, 2.75) is 43.5 Å². The van der Waals surface area contributed by atoms with Gasteiger partial charge < -0.3 is 5.32 Å². The molecule has 0 spiro atoms. The van der Waals surface area contributed by atoms with Crippen molar-refractivity contribution < 1.29 is 0 Å².